The molecule has 1 aliphatic heterocycles. The molecule has 1 fully saturated rings. The Bertz CT molecular complexity index is 845. The van der Waals surface area contributed by atoms with Gasteiger partial charge in [0.15, 0.2) is 11.5 Å². The second-order valence-electron chi connectivity index (χ2n) is 7.60. The molecule has 6 nitrogen and oxygen atoms in total. The van der Waals surface area contributed by atoms with Crippen molar-refractivity contribution in [2.24, 2.45) is 0 Å². The molecule has 0 spiro atoms. The molecule has 1 saturated heterocycles. The summed E-state index contributed by atoms with van der Waals surface area (Å²) in [6.45, 7) is 5.03. The number of hydrogen-bond donors (Lipinski definition) is 1. The molecule has 1 N–H and O–H groups in total. The molecule has 1 atom stereocenters. The molecule has 1 heterocycles. The summed E-state index contributed by atoms with van der Waals surface area (Å²) in [4.78, 5) is 25.7. The molecule has 0 bridgehead atoms. The van der Waals surface area contributed by atoms with Crippen molar-refractivity contribution < 1.29 is 19.1 Å². The third kappa shape index (κ3) is 5.83. The van der Waals surface area contributed by atoms with Crippen LogP contribution in [0.5, 0.6) is 11.5 Å². The second-order valence-corrected chi connectivity index (χ2v) is 7.60. The lowest BCUT2D eigenvalue weighted by molar-refractivity contribution is -0.121. The fraction of sp³-hybridized carbons (Fsp3) is 0.417. The van der Waals surface area contributed by atoms with Crippen LogP contribution in [0.4, 0.5) is 0 Å². The van der Waals surface area contributed by atoms with E-state index < -0.39 is 0 Å². The molecule has 6 heteroatoms. The van der Waals surface area contributed by atoms with Crippen molar-refractivity contribution in [1.29, 1.82) is 0 Å². The summed E-state index contributed by atoms with van der Waals surface area (Å²) in [6, 6.07) is 13.7. The van der Waals surface area contributed by atoms with E-state index in [0.29, 0.717) is 23.6 Å². The zero-order chi connectivity index (χ0) is 21.3. The number of amides is 1. The predicted molar refractivity (Wildman–Crippen MR) is 116 cm³/mol. The van der Waals surface area contributed by atoms with Crippen LogP contribution < -0.4 is 14.8 Å². The van der Waals surface area contributed by atoms with Gasteiger partial charge in [-0.2, -0.15) is 0 Å². The molecule has 0 aromatic heterocycles. The van der Waals surface area contributed by atoms with Gasteiger partial charge in [0.25, 0.3) is 0 Å². The van der Waals surface area contributed by atoms with E-state index in [0.717, 1.165) is 19.4 Å². The summed E-state index contributed by atoms with van der Waals surface area (Å²) >= 11 is 0. The number of rotatable bonds is 10. The molecule has 3 rings (SSSR count). The van der Waals surface area contributed by atoms with Gasteiger partial charge in [0, 0.05) is 12.1 Å². The Kier molecular flexibility index (Phi) is 7.85. The SMILES string of the molecule is COc1cc(C=O)ccc1OCCC(=O)NC[C@@H](c1ccc(C)cc1)N1CCCC1. The first-order valence-electron chi connectivity index (χ1n) is 10.4. The minimum absolute atomic E-state index is 0.0465. The van der Waals surface area contributed by atoms with Crippen molar-refractivity contribution in [3.05, 3.63) is 59.2 Å². The summed E-state index contributed by atoms with van der Waals surface area (Å²) in [6.07, 6.45) is 3.41. The lowest BCUT2D eigenvalue weighted by atomic mass is 10.0. The average molecular weight is 411 g/mol. The third-order valence-corrected chi connectivity index (χ3v) is 5.45. The number of benzene rings is 2. The number of nitrogens with one attached hydrogen (secondary N) is 1. The van der Waals surface area contributed by atoms with Crippen LogP contribution >= 0.6 is 0 Å². The first-order chi connectivity index (χ1) is 14.6. The molecule has 0 saturated carbocycles. The molecule has 30 heavy (non-hydrogen) atoms. The van der Waals surface area contributed by atoms with Crippen molar-refractivity contribution in [2.75, 3.05) is 33.4 Å². The highest BCUT2D eigenvalue weighted by atomic mass is 16.5. The number of methoxy groups -OCH3 is 1. The largest absolute Gasteiger partial charge is 0.493 e. The smallest absolute Gasteiger partial charge is 0.223 e. The monoisotopic (exact) mass is 410 g/mol. The van der Waals surface area contributed by atoms with E-state index in [1.54, 1.807) is 18.2 Å². The van der Waals surface area contributed by atoms with Crippen LogP contribution in [0.1, 0.15) is 46.8 Å². The summed E-state index contributed by atoms with van der Waals surface area (Å²) in [5, 5.41) is 3.07. The van der Waals surface area contributed by atoms with E-state index in [1.165, 1.54) is 31.1 Å². The summed E-state index contributed by atoms with van der Waals surface area (Å²) in [5.41, 5.74) is 2.98. The maximum atomic E-state index is 12.4. The lowest BCUT2D eigenvalue weighted by Crippen LogP contribution is -2.37. The van der Waals surface area contributed by atoms with E-state index in [-0.39, 0.29) is 25.0 Å². The number of aryl methyl sites for hydroxylation is 1. The number of ether oxygens (including phenoxy) is 2. The van der Waals surface area contributed by atoms with Gasteiger partial charge in [-0.1, -0.05) is 29.8 Å². The fourth-order valence-corrected chi connectivity index (χ4v) is 3.73. The molecule has 1 amide bonds. The number of carbonyl (C=O) groups excluding carboxylic acids is 2. The van der Waals surface area contributed by atoms with Crippen molar-refractivity contribution >= 4 is 12.2 Å². The molecule has 0 radical (unpaired) electrons. The highest BCUT2D eigenvalue weighted by Crippen LogP contribution is 2.28. The van der Waals surface area contributed by atoms with Crippen LogP contribution in [-0.4, -0.2) is 50.4 Å². The fourth-order valence-electron chi connectivity index (χ4n) is 3.73. The minimum atomic E-state index is -0.0465. The predicted octanol–water partition coefficient (Wildman–Crippen LogP) is 3.54. The number of nitrogens with zero attached hydrogens (tertiary/aromatic N) is 1. The molecule has 0 aliphatic carbocycles. The summed E-state index contributed by atoms with van der Waals surface area (Å²) < 4.78 is 10.9. The summed E-state index contributed by atoms with van der Waals surface area (Å²) in [7, 11) is 1.52. The molecule has 0 unspecified atom stereocenters. The maximum absolute atomic E-state index is 12.4. The van der Waals surface area contributed by atoms with E-state index >= 15 is 0 Å². The van der Waals surface area contributed by atoms with Crippen molar-refractivity contribution in [3.63, 3.8) is 0 Å². The Morgan fingerprint density at radius 3 is 2.53 bits per heavy atom. The first-order valence-corrected chi connectivity index (χ1v) is 10.4. The minimum Gasteiger partial charge on any atom is -0.493 e. The molecule has 1 aliphatic rings. The van der Waals surface area contributed by atoms with Crippen LogP contribution in [0.2, 0.25) is 0 Å². The van der Waals surface area contributed by atoms with E-state index in [1.807, 2.05) is 0 Å². The van der Waals surface area contributed by atoms with Gasteiger partial charge in [0.2, 0.25) is 5.91 Å². The van der Waals surface area contributed by atoms with Gasteiger partial charge < -0.3 is 14.8 Å². The van der Waals surface area contributed by atoms with Gasteiger partial charge in [-0.05, 0) is 56.6 Å². The van der Waals surface area contributed by atoms with Crippen LogP contribution in [0.3, 0.4) is 0 Å². The van der Waals surface area contributed by atoms with Crippen LogP contribution in [0.25, 0.3) is 0 Å². The highest BCUT2D eigenvalue weighted by Gasteiger charge is 2.23. The van der Waals surface area contributed by atoms with Crippen LogP contribution in [-0.2, 0) is 4.79 Å². The van der Waals surface area contributed by atoms with Crippen LogP contribution in [0, 0.1) is 6.92 Å². The van der Waals surface area contributed by atoms with Gasteiger partial charge >= 0.3 is 0 Å². The molecule has 160 valence electrons. The number of likely N-dealkylation sites (tertiary alicyclic amines) is 1. The van der Waals surface area contributed by atoms with Gasteiger partial charge in [0.1, 0.15) is 6.29 Å². The van der Waals surface area contributed by atoms with E-state index in [9.17, 15) is 9.59 Å². The zero-order valence-electron chi connectivity index (χ0n) is 17.7. The second kappa shape index (κ2) is 10.8. The van der Waals surface area contributed by atoms with Gasteiger partial charge in [-0.25, -0.2) is 0 Å². The van der Waals surface area contributed by atoms with Crippen molar-refractivity contribution in [3.8, 4) is 11.5 Å². The number of aldehydes is 1. The first kappa shape index (κ1) is 21.8. The molecular formula is C24H30N2O4. The Morgan fingerprint density at radius 1 is 1.13 bits per heavy atom. The number of hydrogen-bond acceptors (Lipinski definition) is 5. The lowest BCUT2D eigenvalue weighted by Gasteiger charge is -2.28. The normalized spacial score (nSPS) is 14.9. The summed E-state index contributed by atoms with van der Waals surface area (Å²) in [5.74, 6) is 0.953. The zero-order valence-corrected chi connectivity index (χ0v) is 17.7. The van der Waals surface area contributed by atoms with E-state index in [2.05, 4.69) is 41.4 Å². The van der Waals surface area contributed by atoms with Gasteiger partial charge in [-0.15, -0.1) is 0 Å². The molecule has 2 aromatic carbocycles. The maximum Gasteiger partial charge on any atom is 0.223 e. The Balaban J connectivity index is 1.52. The Labute approximate surface area is 178 Å². The molecular weight excluding hydrogens is 380 g/mol. The standard InChI is InChI=1S/C24H30N2O4/c1-18-5-8-20(9-6-18)21(26-12-3-4-13-26)16-25-24(28)11-14-30-22-10-7-19(17-27)15-23(22)29-2/h5-10,15,17,21H,3-4,11-14,16H2,1-2H3,(H,25,28)/t21-/m0/s1. The Morgan fingerprint density at radius 2 is 1.87 bits per heavy atom. The number of carbonyl (C=O) groups is 2. The average Bonchev–Trinajstić information content (AvgIpc) is 3.30. The van der Waals surface area contributed by atoms with Gasteiger partial charge in [0.05, 0.1) is 26.2 Å². The topological polar surface area (TPSA) is 67.9 Å². The molecule has 2 aromatic rings. The van der Waals surface area contributed by atoms with Crippen molar-refractivity contribution in [1.82, 2.24) is 10.2 Å². The van der Waals surface area contributed by atoms with Crippen LogP contribution in [0.15, 0.2) is 42.5 Å². The third-order valence-electron chi connectivity index (χ3n) is 5.45. The van der Waals surface area contributed by atoms with Crippen molar-refractivity contribution in [2.45, 2.75) is 32.2 Å². The quantitative estimate of drug-likeness (QED) is 0.607. The highest BCUT2D eigenvalue weighted by molar-refractivity contribution is 5.77. The Hall–Kier alpha value is -2.86. The van der Waals surface area contributed by atoms with E-state index in [4.69, 9.17) is 9.47 Å². The van der Waals surface area contributed by atoms with Gasteiger partial charge in [-0.3, -0.25) is 14.5 Å².